The monoisotopic (exact) mass is 610 g/mol. The molecule has 2 amide bonds. The minimum atomic E-state index is -4.94. The molecule has 0 aliphatic carbocycles. The Morgan fingerprint density at radius 2 is 1.76 bits per heavy atom. The minimum absolute atomic E-state index is 0.00715. The first-order valence-electron chi connectivity index (χ1n) is 11.4. The highest BCUT2D eigenvalue weighted by atomic mass is 35.5. The number of anilines is 3. The molecule has 0 fully saturated rings. The molecule has 0 unspecified atom stereocenters. The highest BCUT2D eigenvalue weighted by Crippen LogP contribution is 2.42. The fraction of sp³-hybridized carbons (Fsp3) is 0.120. The molecule has 214 valence electrons. The molecule has 4 rings (SSSR count). The third kappa shape index (κ3) is 6.30. The van der Waals surface area contributed by atoms with Gasteiger partial charge in [0, 0.05) is 31.2 Å². The Morgan fingerprint density at radius 3 is 2.34 bits per heavy atom. The van der Waals surface area contributed by atoms with E-state index in [1.54, 1.807) is 0 Å². The van der Waals surface area contributed by atoms with Crippen LogP contribution in [0.2, 0.25) is 5.02 Å². The number of nitrogens with one attached hydrogen (secondary N) is 2. The fourth-order valence-corrected chi connectivity index (χ4v) is 4.82. The van der Waals surface area contributed by atoms with Crippen LogP contribution in [-0.2, 0) is 16.2 Å². The van der Waals surface area contributed by atoms with Crippen LogP contribution in [0.4, 0.5) is 39.8 Å². The molecule has 41 heavy (non-hydrogen) atoms. The maximum absolute atomic E-state index is 13.8. The highest BCUT2D eigenvalue weighted by Gasteiger charge is 2.34. The van der Waals surface area contributed by atoms with Gasteiger partial charge in [-0.2, -0.15) is 13.2 Å². The van der Waals surface area contributed by atoms with Gasteiger partial charge in [-0.1, -0.05) is 17.7 Å². The van der Waals surface area contributed by atoms with Crippen molar-refractivity contribution in [1.82, 2.24) is 20.3 Å². The van der Waals surface area contributed by atoms with Crippen LogP contribution in [-0.4, -0.2) is 43.6 Å². The van der Waals surface area contributed by atoms with Gasteiger partial charge in [-0.3, -0.25) is 0 Å². The Balaban J connectivity index is 1.75. The zero-order chi connectivity index (χ0) is 29.9. The number of pyridine rings is 1. The average molecular weight is 611 g/mol. The van der Waals surface area contributed by atoms with E-state index in [4.69, 9.17) is 16.3 Å². The number of aromatic nitrogens is 3. The molecule has 0 spiro atoms. The molecule has 0 saturated heterocycles. The second-order valence-electron chi connectivity index (χ2n) is 8.12. The number of sulfonamides is 1. The number of methoxy groups -OCH3 is 1. The number of carbonyl (C=O) groups excluding carboxylic acids is 1. The maximum Gasteiger partial charge on any atom is 0.419 e. The van der Waals surface area contributed by atoms with Gasteiger partial charge in [0.2, 0.25) is 5.95 Å². The van der Waals surface area contributed by atoms with E-state index in [1.807, 2.05) is 0 Å². The van der Waals surface area contributed by atoms with Crippen molar-refractivity contribution in [2.45, 2.75) is 11.1 Å². The largest absolute Gasteiger partial charge is 0.495 e. The van der Waals surface area contributed by atoms with Crippen molar-refractivity contribution >= 4 is 45.1 Å². The molecule has 0 atom stereocenters. The molecular formula is C25H19ClF4N6O4S. The van der Waals surface area contributed by atoms with Crippen LogP contribution in [0, 0.1) is 5.82 Å². The van der Waals surface area contributed by atoms with Crippen molar-refractivity contribution in [2.24, 2.45) is 0 Å². The van der Waals surface area contributed by atoms with Gasteiger partial charge in [-0.15, -0.1) is 0 Å². The van der Waals surface area contributed by atoms with E-state index < -0.39 is 33.6 Å². The number of hydrogen-bond acceptors (Lipinski definition) is 7. The predicted octanol–water partition coefficient (Wildman–Crippen LogP) is 5.64. The zero-order valence-electron chi connectivity index (χ0n) is 21.1. The second-order valence-corrected chi connectivity index (χ2v) is 10.2. The van der Waals surface area contributed by atoms with Crippen molar-refractivity contribution in [2.75, 3.05) is 23.8 Å². The second kappa shape index (κ2) is 11.5. The van der Waals surface area contributed by atoms with Crippen LogP contribution >= 0.6 is 11.6 Å². The van der Waals surface area contributed by atoms with E-state index >= 15 is 0 Å². The fourth-order valence-electron chi connectivity index (χ4n) is 3.66. The molecule has 0 saturated carbocycles. The van der Waals surface area contributed by atoms with E-state index in [1.165, 1.54) is 56.9 Å². The van der Waals surface area contributed by atoms with E-state index in [0.29, 0.717) is 12.1 Å². The summed E-state index contributed by atoms with van der Waals surface area (Å²) in [7, 11) is -1.54. The number of benzene rings is 2. The quantitative estimate of drug-likeness (QED) is 0.259. The lowest BCUT2D eigenvalue weighted by Gasteiger charge is -2.24. The summed E-state index contributed by atoms with van der Waals surface area (Å²) in [4.78, 5) is 25.4. The van der Waals surface area contributed by atoms with E-state index in [2.05, 4.69) is 25.0 Å². The summed E-state index contributed by atoms with van der Waals surface area (Å²) in [6.45, 7) is 0. The number of halogens is 5. The summed E-state index contributed by atoms with van der Waals surface area (Å²) < 4.78 is 86.7. The van der Waals surface area contributed by atoms with Crippen LogP contribution in [0.15, 0.2) is 72.0 Å². The number of rotatable bonds is 7. The van der Waals surface area contributed by atoms with Crippen LogP contribution in [0.25, 0.3) is 11.1 Å². The number of hydrogen-bond donors (Lipinski definition) is 2. The number of nitrogens with zero attached hydrogens (tertiary/aromatic N) is 4. The molecule has 0 aliphatic rings. The Bertz CT molecular complexity index is 1690. The van der Waals surface area contributed by atoms with Crippen molar-refractivity contribution in [1.29, 1.82) is 0 Å². The van der Waals surface area contributed by atoms with E-state index in [9.17, 15) is 30.8 Å². The van der Waals surface area contributed by atoms with Gasteiger partial charge in [0.05, 0.1) is 23.4 Å². The van der Waals surface area contributed by atoms with Crippen molar-refractivity contribution in [3.8, 4) is 16.9 Å². The Morgan fingerprint density at radius 1 is 1.05 bits per heavy atom. The normalized spacial score (nSPS) is 11.6. The molecule has 0 aliphatic heterocycles. The van der Waals surface area contributed by atoms with Gasteiger partial charge < -0.3 is 10.1 Å². The molecule has 4 aromatic rings. The molecule has 0 bridgehead atoms. The molecular weight excluding hydrogens is 592 g/mol. The first-order chi connectivity index (χ1) is 19.4. The summed E-state index contributed by atoms with van der Waals surface area (Å²) >= 11 is 6.43. The Kier molecular flexibility index (Phi) is 8.30. The van der Waals surface area contributed by atoms with Gasteiger partial charge in [0.1, 0.15) is 22.3 Å². The SMILES string of the molecule is CNC(=O)N(c1ccc(S(=O)(=O)Nc2ncccn2)cn1)c1cc(Cl)c(-c2ccc(F)c(C(F)(F)F)c2)cc1OC. The number of amides is 2. The van der Waals surface area contributed by atoms with Gasteiger partial charge in [0.15, 0.2) is 0 Å². The van der Waals surface area contributed by atoms with E-state index in [-0.39, 0.29) is 44.2 Å². The van der Waals surface area contributed by atoms with Crippen LogP contribution < -0.4 is 19.7 Å². The molecule has 2 N–H and O–H groups in total. The number of urea groups is 1. The topological polar surface area (TPSA) is 126 Å². The van der Waals surface area contributed by atoms with Crippen molar-refractivity contribution in [3.63, 3.8) is 0 Å². The van der Waals surface area contributed by atoms with Crippen LogP contribution in [0.1, 0.15) is 5.56 Å². The molecule has 16 heteroatoms. The molecule has 2 aromatic carbocycles. The van der Waals surface area contributed by atoms with Crippen molar-refractivity contribution in [3.05, 3.63) is 83.5 Å². The predicted molar refractivity (Wildman–Crippen MR) is 142 cm³/mol. The van der Waals surface area contributed by atoms with Gasteiger partial charge in [-0.25, -0.2) is 42.2 Å². The summed E-state index contributed by atoms with van der Waals surface area (Å²) in [6, 6.07) is 8.14. The molecule has 0 radical (unpaired) electrons. The smallest absolute Gasteiger partial charge is 0.419 e. The third-order valence-corrected chi connectivity index (χ3v) is 7.19. The number of carbonyl (C=O) groups is 1. The summed E-state index contributed by atoms with van der Waals surface area (Å²) in [5.41, 5.74) is -1.44. The lowest BCUT2D eigenvalue weighted by Crippen LogP contribution is -2.35. The highest BCUT2D eigenvalue weighted by molar-refractivity contribution is 7.92. The number of alkyl halides is 3. The van der Waals surface area contributed by atoms with Gasteiger partial charge in [-0.05, 0) is 48.0 Å². The Labute approximate surface area is 236 Å². The van der Waals surface area contributed by atoms with Crippen molar-refractivity contribution < 1.29 is 35.5 Å². The summed E-state index contributed by atoms with van der Waals surface area (Å²) in [6.07, 6.45) is -1.25. The zero-order valence-corrected chi connectivity index (χ0v) is 22.6. The Hall–Kier alpha value is -4.50. The minimum Gasteiger partial charge on any atom is -0.495 e. The third-order valence-electron chi connectivity index (χ3n) is 5.56. The average Bonchev–Trinajstić information content (AvgIpc) is 2.93. The molecule has 2 heterocycles. The maximum atomic E-state index is 13.8. The van der Waals surface area contributed by atoms with Gasteiger partial charge >= 0.3 is 12.2 Å². The summed E-state index contributed by atoms with van der Waals surface area (Å²) in [5.74, 6) is -1.67. The first kappa shape index (κ1) is 29.5. The van der Waals surface area contributed by atoms with Crippen LogP contribution in [0.3, 0.4) is 0 Å². The van der Waals surface area contributed by atoms with Gasteiger partial charge in [0.25, 0.3) is 10.0 Å². The standard InChI is InChI=1S/C25H19ClF4N6O4S/c1-31-24(37)36(22-7-5-15(13-34-22)41(38,39)35-23-32-8-3-9-33-23)20-12-18(26)16(11-21(20)40-2)14-4-6-19(27)17(10-14)25(28,29)30/h3-13H,1-2H3,(H,31,37)(H,32,33,35). The number of ether oxygens (including phenoxy) is 1. The first-order valence-corrected chi connectivity index (χ1v) is 13.2. The van der Waals surface area contributed by atoms with Crippen LogP contribution in [0.5, 0.6) is 5.75 Å². The molecule has 2 aromatic heterocycles. The van der Waals surface area contributed by atoms with E-state index in [0.717, 1.165) is 17.2 Å². The lowest BCUT2D eigenvalue weighted by atomic mass is 10.0. The summed E-state index contributed by atoms with van der Waals surface area (Å²) in [5, 5.41) is 2.32. The lowest BCUT2D eigenvalue weighted by molar-refractivity contribution is -0.139. The molecule has 10 nitrogen and oxygen atoms in total.